The summed E-state index contributed by atoms with van der Waals surface area (Å²) in [6.45, 7) is 5.02. The lowest BCUT2D eigenvalue weighted by molar-refractivity contribution is -0.143. The average Bonchev–Trinajstić information content (AvgIpc) is 1.51. The van der Waals surface area contributed by atoms with Gasteiger partial charge >= 0.3 is 18.3 Å². The van der Waals surface area contributed by atoms with Gasteiger partial charge in [-0.05, 0) is 92.1 Å². The quantitative estimate of drug-likeness (QED) is 0.0645. The van der Waals surface area contributed by atoms with Crippen LogP contribution in [0.4, 0.5) is 49.7 Å². The van der Waals surface area contributed by atoms with Crippen molar-refractivity contribution in [3.63, 3.8) is 0 Å². The largest absolute Gasteiger partial charge is 0.496 e. The average molecular weight is 1240 g/mol. The number of carbonyl (C=O) groups is 3. The van der Waals surface area contributed by atoms with Gasteiger partial charge in [-0.15, -0.1) is 0 Å². The van der Waals surface area contributed by atoms with Gasteiger partial charge in [-0.3, -0.25) is 23.7 Å². The molecule has 2 aliphatic rings. The van der Waals surface area contributed by atoms with E-state index in [-0.39, 0.29) is 47.4 Å². The molecule has 16 nitrogen and oxygen atoms in total. The summed E-state index contributed by atoms with van der Waals surface area (Å²) < 4.78 is 208. The molecule has 2 amide bonds. The SMILES string of the molecule is COc1cc(C)cc(CC(=O)O)c1C(C)(C)CC(=O)N(c1nn(CC(F)(F)F)c2c(-c3ccc(C#CC(C)(C)S(C)(=O)=O)nc3[C@H](Cc3cc(F)cc(F)c3)NC(=O)Cn3nc(C(F)(F)F)c4c3C(F)(F)[C@@H]3[C@H](C)[C@H]43)ccc(Cl)c12)S(C)(=O)=O. The van der Waals surface area contributed by atoms with E-state index in [9.17, 15) is 62.7 Å². The van der Waals surface area contributed by atoms with Crippen LogP contribution in [-0.2, 0) is 77.7 Å². The number of aryl methyl sites for hydroxylation is 1. The molecular weight excluding hydrogens is 1190 g/mol. The van der Waals surface area contributed by atoms with Gasteiger partial charge in [0.2, 0.25) is 21.8 Å². The number of carbonyl (C=O) groups excluding carboxylic acids is 2. The number of sulfonamides is 1. The van der Waals surface area contributed by atoms with Gasteiger partial charge in [0.15, 0.2) is 21.3 Å². The minimum absolute atomic E-state index is 0.115. The summed E-state index contributed by atoms with van der Waals surface area (Å²) in [6, 6.07) is 7.76. The maximum absolute atomic E-state index is 16.0. The van der Waals surface area contributed by atoms with Crippen LogP contribution in [0.3, 0.4) is 0 Å². The molecular formula is C55H52ClF10N7O9S2. The van der Waals surface area contributed by atoms with Crippen molar-refractivity contribution < 1.29 is 85.0 Å². The number of carboxylic acids is 1. The van der Waals surface area contributed by atoms with Crippen LogP contribution in [0.2, 0.25) is 5.02 Å². The number of nitrogens with zero attached hydrogens (tertiary/aromatic N) is 6. The highest BCUT2D eigenvalue weighted by Crippen LogP contribution is 2.72. The van der Waals surface area contributed by atoms with Crippen molar-refractivity contribution in [3.8, 4) is 28.7 Å². The number of rotatable bonds is 17. The number of amides is 2. The number of nitrogens with one attached hydrogen (secondary N) is 1. The summed E-state index contributed by atoms with van der Waals surface area (Å²) in [5, 5.41) is 18.7. The van der Waals surface area contributed by atoms with Crippen molar-refractivity contribution in [1.82, 2.24) is 29.9 Å². The molecule has 450 valence electrons. The molecule has 2 N–H and O–H groups in total. The van der Waals surface area contributed by atoms with Crippen LogP contribution in [0, 0.1) is 42.2 Å². The number of aliphatic carboxylic acids is 1. The van der Waals surface area contributed by atoms with Gasteiger partial charge in [-0.25, -0.2) is 30.6 Å². The van der Waals surface area contributed by atoms with E-state index in [4.69, 9.17) is 16.3 Å². The van der Waals surface area contributed by atoms with Crippen molar-refractivity contribution >= 4 is 66.0 Å². The van der Waals surface area contributed by atoms with Gasteiger partial charge in [0, 0.05) is 58.2 Å². The van der Waals surface area contributed by atoms with E-state index in [2.05, 4.69) is 32.3 Å². The summed E-state index contributed by atoms with van der Waals surface area (Å²) in [5.74, 6) is -9.57. The molecule has 0 radical (unpaired) electrons. The molecule has 6 aromatic rings. The number of sulfone groups is 1. The fourth-order valence-corrected chi connectivity index (χ4v) is 12.3. The van der Waals surface area contributed by atoms with Crippen LogP contribution in [0.5, 0.6) is 5.75 Å². The van der Waals surface area contributed by atoms with Gasteiger partial charge in [0.25, 0.3) is 5.92 Å². The third-order valence-corrected chi connectivity index (χ3v) is 18.0. The van der Waals surface area contributed by atoms with Crippen LogP contribution in [-0.4, -0.2) is 94.8 Å². The highest BCUT2D eigenvalue weighted by molar-refractivity contribution is 7.93. The molecule has 0 aliphatic heterocycles. The summed E-state index contributed by atoms with van der Waals surface area (Å²) in [6.07, 6.45) is -11.2. The molecule has 1 saturated carbocycles. The van der Waals surface area contributed by atoms with Crippen molar-refractivity contribution in [2.75, 3.05) is 23.9 Å². The Morgan fingerprint density at radius 3 is 2.12 bits per heavy atom. The second kappa shape index (κ2) is 21.7. The second-order valence-electron chi connectivity index (χ2n) is 22.0. The van der Waals surface area contributed by atoms with Crippen LogP contribution in [0.15, 0.2) is 54.6 Å². The Bertz CT molecular complexity index is 4000. The number of carboxylic acid groups (broad SMARTS) is 1. The number of hydrogen-bond acceptors (Lipinski definition) is 11. The molecule has 3 aromatic heterocycles. The van der Waals surface area contributed by atoms with E-state index in [0.29, 0.717) is 17.9 Å². The van der Waals surface area contributed by atoms with Gasteiger partial charge < -0.3 is 15.2 Å². The Hall–Kier alpha value is -7.25. The van der Waals surface area contributed by atoms with E-state index >= 15 is 17.6 Å². The van der Waals surface area contributed by atoms with Crippen LogP contribution < -0.4 is 14.4 Å². The lowest BCUT2D eigenvalue weighted by Crippen LogP contribution is -2.40. The summed E-state index contributed by atoms with van der Waals surface area (Å²) in [4.78, 5) is 45.9. The fraction of sp³-hybridized carbons (Fsp3) is 0.418. The standard InChI is InChI=1S/C55H52ClF10N7O9S2/c1-26-16-29(21-40(76)77)45(37(17-26)82-7)51(3,4)23-39(75)73(84(9,80)81)50-42-35(56)13-12-34(47(42)72(70-50)25-53(59,60)61)33-11-10-32(14-15-52(5,6)83(8,78)79)67-46(33)36(20-28-18-30(57)22-31(58)19-28)68-38(74)24-71-49-43(48(69-71)55(64,65)66)41-27(2)44(41)54(49,62)63/h10-13,16-19,22,27,36,41,44H,20-21,23-25H2,1-9H3,(H,68,74)(H,76,77)/t27-,36+,41-,44-/m1/s1. The number of alkyl halides is 8. The van der Waals surface area contributed by atoms with Crippen molar-refractivity contribution in [2.24, 2.45) is 11.8 Å². The smallest absolute Gasteiger partial charge is 0.435 e. The van der Waals surface area contributed by atoms with Crippen molar-refractivity contribution in [3.05, 3.63) is 122 Å². The van der Waals surface area contributed by atoms with Crippen molar-refractivity contribution in [2.45, 2.75) is 114 Å². The maximum atomic E-state index is 16.0. The zero-order valence-corrected chi connectivity index (χ0v) is 48.3. The topological polar surface area (TPSA) is 213 Å². The highest BCUT2D eigenvalue weighted by atomic mass is 35.5. The molecule has 0 unspecified atom stereocenters. The molecule has 3 heterocycles. The number of benzene rings is 3. The number of hydrogen-bond donors (Lipinski definition) is 2. The van der Waals surface area contributed by atoms with E-state index in [1.807, 2.05) is 0 Å². The normalized spacial score (nSPS) is 17.3. The number of methoxy groups -OCH3 is 1. The van der Waals surface area contributed by atoms with Gasteiger partial charge in [0.1, 0.15) is 46.6 Å². The third kappa shape index (κ3) is 12.3. The molecule has 0 bridgehead atoms. The molecule has 29 heteroatoms. The van der Waals surface area contributed by atoms with Gasteiger partial charge in [-0.2, -0.15) is 49.6 Å². The first-order valence-corrected chi connectivity index (χ1v) is 29.4. The molecule has 2 aliphatic carbocycles. The summed E-state index contributed by atoms with van der Waals surface area (Å²) >= 11 is 6.82. The minimum atomic E-state index is -5.26. The number of pyridine rings is 1. The molecule has 4 atom stereocenters. The van der Waals surface area contributed by atoms with Crippen LogP contribution >= 0.6 is 11.6 Å². The number of halogens is 11. The predicted octanol–water partition coefficient (Wildman–Crippen LogP) is 10.1. The molecule has 0 spiro atoms. The Kier molecular flexibility index (Phi) is 16.2. The number of fused-ring (bicyclic) bond motifs is 4. The monoisotopic (exact) mass is 1240 g/mol. The van der Waals surface area contributed by atoms with Crippen LogP contribution in [0.25, 0.3) is 22.0 Å². The van der Waals surface area contributed by atoms with E-state index in [1.54, 1.807) is 13.0 Å². The lowest BCUT2D eigenvalue weighted by Gasteiger charge is -2.31. The van der Waals surface area contributed by atoms with E-state index in [1.165, 1.54) is 47.8 Å². The molecule has 3 aromatic carbocycles. The Balaban J connectivity index is 1.36. The van der Waals surface area contributed by atoms with Gasteiger partial charge in [0.05, 0.1) is 47.4 Å². The fourth-order valence-electron chi connectivity index (χ4n) is 10.9. The molecule has 8 rings (SSSR count). The highest BCUT2D eigenvalue weighted by Gasteiger charge is 2.72. The van der Waals surface area contributed by atoms with Gasteiger partial charge in [-0.1, -0.05) is 50.4 Å². The Labute approximate surface area is 479 Å². The third-order valence-electron chi connectivity index (χ3n) is 14.7. The number of aromatic nitrogens is 5. The minimum Gasteiger partial charge on any atom is -0.496 e. The first kappa shape index (κ1) is 62.8. The summed E-state index contributed by atoms with van der Waals surface area (Å²) in [5.41, 5.74) is -6.70. The van der Waals surface area contributed by atoms with Crippen molar-refractivity contribution in [1.29, 1.82) is 0 Å². The van der Waals surface area contributed by atoms with E-state index < -0.39 is 184 Å². The Morgan fingerprint density at radius 1 is 0.917 bits per heavy atom. The first-order valence-electron chi connectivity index (χ1n) is 25.3. The Morgan fingerprint density at radius 2 is 1.55 bits per heavy atom. The number of anilines is 1. The first-order chi connectivity index (χ1) is 38.6. The predicted molar refractivity (Wildman–Crippen MR) is 286 cm³/mol. The maximum Gasteiger partial charge on any atom is 0.435 e. The molecule has 84 heavy (non-hydrogen) atoms. The summed E-state index contributed by atoms with van der Waals surface area (Å²) in [7, 11) is -7.63. The second-order valence-corrected chi connectivity index (χ2v) is 26.8. The number of ether oxygens (including phenoxy) is 1. The molecule has 1 fully saturated rings. The lowest BCUT2D eigenvalue weighted by atomic mass is 9.77. The van der Waals surface area contributed by atoms with E-state index in [0.717, 1.165) is 42.7 Å². The zero-order valence-electron chi connectivity index (χ0n) is 45.9. The molecule has 0 saturated heterocycles. The van der Waals surface area contributed by atoms with Crippen LogP contribution in [0.1, 0.15) is 104 Å². The zero-order chi connectivity index (χ0) is 62.5.